The van der Waals surface area contributed by atoms with Gasteiger partial charge < -0.3 is 14.2 Å². The van der Waals surface area contributed by atoms with Crippen LogP contribution >= 0.6 is 0 Å². The zero-order chi connectivity index (χ0) is 13.4. The van der Waals surface area contributed by atoms with Gasteiger partial charge in [-0.2, -0.15) is 0 Å². The number of ether oxygens (including phenoxy) is 3. The van der Waals surface area contributed by atoms with E-state index in [2.05, 4.69) is 4.74 Å². The van der Waals surface area contributed by atoms with Crippen LogP contribution in [0.5, 0.6) is 0 Å². The molecule has 0 saturated carbocycles. The van der Waals surface area contributed by atoms with Gasteiger partial charge >= 0.3 is 6.16 Å². The largest absolute Gasteiger partial charge is 0.508 e. The molecule has 1 fully saturated rings. The Kier molecular flexibility index (Phi) is 5.97. The summed E-state index contributed by atoms with van der Waals surface area (Å²) < 4.78 is 36.7. The maximum Gasteiger partial charge on any atom is 0.508 e. The van der Waals surface area contributed by atoms with Gasteiger partial charge in [0.05, 0.1) is 24.0 Å². The molecule has 6 nitrogen and oxygen atoms in total. The molecule has 1 aliphatic rings. The second-order valence-corrected chi connectivity index (χ2v) is 6.07. The third-order valence-corrected chi connectivity index (χ3v) is 3.78. The van der Waals surface area contributed by atoms with Gasteiger partial charge in [-0.25, -0.2) is 13.2 Å². The van der Waals surface area contributed by atoms with Crippen LogP contribution in [0.1, 0.15) is 26.2 Å². The maximum absolute atomic E-state index is 11.1. The van der Waals surface area contributed by atoms with Gasteiger partial charge in [0, 0.05) is 0 Å². The molecule has 0 aromatic carbocycles. The minimum absolute atomic E-state index is 0.0694. The molecule has 18 heavy (non-hydrogen) atoms. The molecule has 0 radical (unpaired) electrons. The summed E-state index contributed by atoms with van der Waals surface area (Å²) in [5.41, 5.74) is 0. The molecule has 1 atom stereocenters. The van der Waals surface area contributed by atoms with Crippen molar-refractivity contribution in [3.8, 4) is 0 Å². The Hall–Kier alpha value is -1.24. The molecular weight excluding hydrogens is 260 g/mol. The lowest BCUT2D eigenvalue weighted by Crippen LogP contribution is -2.09. The summed E-state index contributed by atoms with van der Waals surface area (Å²) in [5.74, 6) is 0.0694. The minimum Gasteiger partial charge on any atom is -0.500 e. The summed E-state index contributed by atoms with van der Waals surface area (Å²) >= 11 is 0. The van der Waals surface area contributed by atoms with Gasteiger partial charge in [-0.15, -0.1) is 0 Å². The zero-order valence-electron chi connectivity index (χ0n) is 10.3. The molecule has 1 saturated heterocycles. The molecule has 104 valence electrons. The Morgan fingerprint density at radius 3 is 2.83 bits per heavy atom. The Balaban J connectivity index is 2.01. The second kappa shape index (κ2) is 7.25. The second-order valence-electron chi connectivity index (χ2n) is 3.89. The van der Waals surface area contributed by atoms with Crippen molar-refractivity contribution in [2.75, 3.05) is 19.0 Å². The molecule has 0 bridgehead atoms. The van der Waals surface area contributed by atoms with Crippen LogP contribution in [-0.4, -0.2) is 39.6 Å². The van der Waals surface area contributed by atoms with E-state index in [9.17, 15) is 13.2 Å². The summed E-state index contributed by atoms with van der Waals surface area (Å²) in [7, 11) is -3.11. The van der Waals surface area contributed by atoms with Gasteiger partial charge in [-0.1, -0.05) is 6.92 Å². The number of hydrogen-bond acceptors (Lipinski definition) is 6. The van der Waals surface area contributed by atoms with E-state index in [0.29, 0.717) is 13.2 Å². The van der Waals surface area contributed by atoms with Crippen molar-refractivity contribution < 1.29 is 27.4 Å². The van der Waals surface area contributed by atoms with Gasteiger partial charge in [0.15, 0.2) is 9.84 Å². The third kappa shape index (κ3) is 5.90. The number of hydrogen-bond donors (Lipinski definition) is 0. The summed E-state index contributed by atoms with van der Waals surface area (Å²) in [4.78, 5) is 10.6. The van der Waals surface area contributed by atoms with Gasteiger partial charge in [-0.3, -0.25) is 0 Å². The van der Waals surface area contributed by atoms with E-state index in [0.717, 1.165) is 24.7 Å². The highest BCUT2D eigenvalue weighted by Gasteiger charge is 2.23. The quantitative estimate of drug-likeness (QED) is 0.381. The number of unbranched alkanes of at least 4 members (excludes halogenated alkanes) is 1. The van der Waals surface area contributed by atoms with Crippen molar-refractivity contribution >= 4 is 16.0 Å². The van der Waals surface area contributed by atoms with Crippen LogP contribution in [0.15, 0.2) is 11.7 Å². The summed E-state index contributed by atoms with van der Waals surface area (Å²) in [5, 5.41) is 1.07. The third-order valence-electron chi connectivity index (χ3n) is 2.45. The van der Waals surface area contributed by atoms with Gasteiger partial charge in [0.25, 0.3) is 0 Å². The molecule has 1 heterocycles. The average Bonchev–Trinajstić information content (AvgIpc) is 2.74. The van der Waals surface area contributed by atoms with Crippen LogP contribution in [0.2, 0.25) is 0 Å². The van der Waals surface area contributed by atoms with Crippen LogP contribution in [-0.2, 0) is 24.0 Å². The summed E-state index contributed by atoms with van der Waals surface area (Å²) in [6.45, 7) is 2.33. The number of sulfone groups is 1. The first-order valence-corrected chi connectivity index (χ1v) is 7.59. The first-order chi connectivity index (χ1) is 8.53. The van der Waals surface area contributed by atoms with Crippen molar-refractivity contribution in [3.63, 3.8) is 0 Å². The topological polar surface area (TPSA) is 78.9 Å². The van der Waals surface area contributed by atoms with Gasteiger partial charge in [-0.05, 0) is 19.3 Å². The van der Waals surface area contributed by atoms with E-state index in [-0.39, 0.29) is 11.9 Å². The van der Waals surface area contributed by atoms with Crippen LogP contribution in [0.4, 0.5) is 4.79 Å². The first kappa shape index (κ1) is 14.8. The fourth-order valence-electron chi connectivity index (χ4n) is 1.35. The Morgan fingerprint density at radius 1 is 1.44 bits per heavy atom. The summed E-state index contributed by atoms with van der Waals surface area (Å²) in [6.07, 6.45) is 2.77. The maximum atomic E-state index is 11.1. The lowest BCUT2D eigenvalue weighted by molar-refractivity contribution is 0.115. The molecule has 1 aliphatic heterocycles. The molecule has 0 N–H and O–H groups in total. The highest BCUT2D eigenvalue weighted by Crippen LogP contribution is 2.12. The van der Waals surface area contributed by atoms with Gasteiger partial charge in [0.1, 0.15) is 12.7 Å². The van der Waals surface area contributed by atoms with Crippen LogP contribution in [0, 0.1) is 0 Å². The SMILES string of the molecule is CCS(=O)(=O)C=COCCCCC1COC(=O)O1. The zero-order valence-corrected chi connectivity index (χ0v) is 11.1. The number of rotatable bonds is 8. The highest BCUT2D eigenvalue weighted by atomic mass is 32.2. The number of cyclic esters (lactones) is 2. The molecule has 0 aromatic rings. The fraction of sp³-hybridized carbons (Fsp3) is 0.727. The van der Waals surface area contributed by atoms with E-state index in [1.165, 1.54) is 6.26 Å². The molecule has 0 amide bonds. The van der Waals surface area contributed by atoms with E-state index < -0.39 is 16.0 Å². The van der Waals surface area contributed by atoms with Gasteiger partial charge in [0.2, 0.25) is 0 Å². The van der Waals surface area contributed by atoms with Crippen molar-refractivity contribution in [1.82, 2.24) is 0 Å². The Morgan fingerprint density at radius 2 is 2.22 bits per heavy atom. The summed E-state index contributed by atoms with van der Waals surface area (Å²) in [6, 6.07) is 0. The number of carbonyl (C=O) groups excluding carboxylic acids is 1. The highest BCUT2D eigenvalue weighted by molar-refractivity contribution is 7.94. The molecule has 0 aliphatic carbocycles. The van der Waals surface area contributed by atoms with Crippen molar-refractivity contribution in [2.45, 2.75) is 32.3 Å². The fourth-order valence-corrected chi connectivity index (χ4v) is 1.79. The molecule has 0 spiro atoms. The van der Waals surface area contributed by atoms with E-state index in [4.69, 9.17) is 9.47 Å². The standard InChI is InChI=1S/C11H18O6S/c1-2-18(13,14)8-7-15-6-4-3-5-10-9-16-11(12)17-10/h7-8,10H,2-6,9H2,1H3. The molecule has 1 unspecified atom stereocenters. The average molecular weight is 278 g/mol. The molecule has 7 heteroatoms. The Bertz CT molecular complexity index is 386. The van der Waals surface area contributed by atoms with E-state index in [1.54, 1.807) is 6.92 Å². The normalized spacial score (nSPS) is 19.8. The lowest BCUT2D eigenvalue weighted by atomic mass is 10.2. The minimum atomic E-state index is -3.11. The Labute approximate surface area is 107 Å². The van der Waals surface area contributed by atoms with Crippen LogP contribution in [0.3, 0.4) is 0 Å². The van der Waals surface area contributed by atoms with Crippen LogP contribution < -0.4 is 0 Å². The molecule has 0 aromatic heterocycles. The monoisotopic (exact) mass is 278 g/mol. The smallest absolute Gasteiger partial charge is 0.500 e. The van der Waals surface area contributed by atoms with Crippen LogP contribution in [0.25, 0.3) is 0 Å². The predicted octanol–water partition coefficient (Wildman–Crippen LogP) is 1.61. The van der Waals surface area contributed by atoms with Crippen molar-refractivity contribution in [2.24, 2.45) is 0 Å². The van der Waals surface area contributed by atoms with Crippen molar-refractivity contribution in [3.05, 3.63) is 11.7 Å². The predicted molar refractivity (Wildman–Crippen MR) is 64.6 cm³/mol. The lowest BCUT2D eigenvalue weighted by Gasteiger charge is -2.05. The van der Waals surface area contributed by atoms with E-state index in [1.807, 2.05) is 0 Å². The van der Waals surface area contributed by atoms with E-state index >= 15 is 0 Å². The molecular formula is C11H18O6S. The first-order valence-electron chi connectivity index (χ1n) is 5.88. The van der Waals surface area contributed by atoms with Crippen molar-refractivity contribution in [1.29, 1.82) is 0 Å². The molecule has 1 rings (SSSR count). The number of carbonyl (C=O) groups is 1.